The molecule has 1 saturated heterocycles. The number of nitrogens with zero attached hydrogens (tertiary/aromatic N) is 6. The molecule has 0 N–H and O–H groups in total. The van der Waals surface area contributed by atoms with Gasteiger partial charge >= 0.3 is 6.18 Å². The Kier molecular flexibility index (Phi) is 5.62. The van der Waals surface area contributed by atoms with Crippen LogP contribution in [0, 0.1) is 6.92 Å². The highest BCUT2D eigenvalue weighted by Gasteiger charge is 2.30. The predicted molar refractivity (Wildman–Crippen MR) is 108 cm³/mol. The second-order valence-corrected chi connectivity index (χ2v) is 7.34. The summed E-state index contributed by atoms with van der Waals surface area (Å²) in [6.07, 6.45) is 0.858. The van der Waals surface area contributed by atoms with Crippen LogP contribution < -0.4 is 4.90 Å². The maximum atomic E-state index is 12.7. The van der Waals surface area contributed by atoms with E-state index in [4.69, 9.17) is 0 Å². The number of carbonyl (C=O) groups excluding carboxylic acids is 1. The van der Waals surface area contributed by atoms with Crippen molar-refractivity contribution in [1.82, 2.24) is 24.4 Å². The Hall–Kier alpha value is -3.43. The number of benzene rings is 1. The molecule has 10 heteroatoms. The molecule has 7 nitrogen and oxygen atoms in total. The number of rotatable bonds is 4. The Morgan fingerprint density at radius 2 is 1.71 bits per heavy atom. The quantitative estimate of drug-likeness (QED) is 0.637. The molecule has 162 valence electrons. The molecule has 2 aromatic heterocycles. The molecule has 3 aromatic rings. The van der Waals surface area contributed by atoms with E-state index >= 15 is 0 Å². The monoisotopic (exact) mass is 430 g/mol. The Balaban J connectivity index is 1.37. The van der Waals surface area contributed by atoms with Crippen LogP contribution in [0.3, 0.4) is 0 Å². The first-order valence-corrected chi connectivity index (χ1v) is 9.82. The highest BCUT2D eigenvalue weighted by molar-refractivity contribution is 5.79. The zero-order valence-corrected chi connectivity index (χ0v) is 16.9. The summed E-state index contributed by atoms with van der Waals surface area (Å²) >= 11 is 0. The van der Waals surface area contributed by atoms with E-state index in [0.717, 1.165) is 23.8 Å². The topological polar surface area (TPSA) is 67.2 Å². The van der Waals surface area contributed by atoms with E-state index in [2.05, 4.69) is 19.9 Å². The number of aryl methyl sites for hydroxylation is 1. The van der Waals surface area contributed by atoms with E-state index in [1.165, 1.54) is 12.1 Å². The third-order valence-corrected chi connectivity index (χ3v) is 5.17. The molecule has 4 rings (SSSR count). The lowest BCUT2D eigenvalue weighted by molar-refractivity contribution is -0.137. The van der Waals surface area contributed by atoms with Gasteiger partial charge in [0.25, 0.3) is 0 Å². The molecule has 0 bridgehead atoms. The normalized spacial score (nSPS) is 14.7. The summed E-state index contributed by atoms with van der Waals surface area (Å²) < 4.78 is 39.9. The lowest BCUT2D eigenvalue weighted by Crippen LogP contribution is -2.49. The van der Waals surface area contributed by atoms with E-state index in [1.54, 1.807) is 17.4 Å². The van der Waals surface area contributed by atoms with Crippen LogP contribution in [0.25, 0.3) is 5.82 Å². The van der Waals surface area contributed by atoms with Crippen LogP contribution in [0.5, 0.6) is 0 Å². The zero-order valence-electron chi connectivity index (χ0n) is 16.9. The fourth-order valence-electron chi connectivity index (χ4n) is 3.51. The molecule has 0 radical (unpaired) electrons. The number of alkyl halides is 3. The van der Waals surface area contributed by atoms with Crippen molar-refractivity contribution < 1.29 is 18.0 Å². The number of amides is 1. The van der Waals surface area contributed by atoms with Crippen LogP contribution >= 0.6 is 0 Å². The Bertz CT molecular complexity index is 1040. The van der Waals surface area contributed by atoms with E-state index < -0.39 is 11.7 Å². The summed E-state index contributed by atoms with van der Waals surface area (Å²) in [7, 11) is 0. The molecule has 0 unspecified atom stereocenters. The van der Waals surface area contributed by atoms with E-state index in [0.29, 0.717) is 37.6 Å². The first-order valence-electron chi connectivity index (χ1n) is 9.82. The zero-order chi connectivity index (χ0) is 22.0. The second kappa shape index (κ2) is 8.37. The SMILES string of the molecule is Cc1nc(N2CCN(C(=O)Cc3ccc(C(F)(F)F)cc3)CC2)cc(-n2ccnc2)n1. The fraction of sp³-hybridized carbons (Fsp3) is 0.333. The van der Waals surface area contributed by atoms with E-state index in [1.807, 2.05) is 23.8 Å². The van der Waals surface area contributed by atoms with Gasteiger partial charge in [0.2, 0.25) is 5.91 Å². The minimum Gasteiger partial charge on any atom is -0.353 e. The van der Waals surface area contributed by atoms with Crippen LogP contribution in [-0.4, -0.2) is 56.5 Å². The van der Waals surface area contributed by atoms with Crippen molar-refractivity contribution in [3.05, 3.63) is 66.0 Å². The van der Waals surface area contributed by atoms with Gasteiger partial charge in [0.15, 0.2) is 0 Å². The summed E-state index contributed by atoms with van der Waals surface area (Å²) in [6.45, 7) is 4.08. The van der Waals surface area contributed by atoms with Gasteiger partial charge in [0.1, 0.15) is 23.8 Å². The molecule has 1 amide bonds. The van der Waals surface area contributed by atoms with Gasteiger partial charge in [-0.25, -0.2) is 15.0 Å². The van der Waals surface area contributed by atoms with Crippen LogP contribution in [0.2, 0.25) is 0 Å². The van der Waals surface area contributed by atoms with Crippen LogP contribution in [0.1, 0.15) is 17.0 Å². The molecule has 0 aliphatic carbocycles. The van der Waals surface area contributed by atoms with Crippen LogP contribution in [-0.2, 0) is 17.4 Å². The molecular weight excluding hydrogens is 409 g/mol. The number of piperazine rings is 1. The van der Waals surface area contributed by atoms with E-state index in [-0.39, 0.29) is 12.3 Å². The molecule has 1 aliphatic rings. The fourth-order valence-corrected chi connectivity index (χ4v) is 3.51. The van der Waals surface area contributed by atoms with Crippen LogP contribution in [0.4, 0.5) is 19.0 Å². The third kappa shape index (κ3) is 4.84. The minimum atomic E-state index is -4.38. The van der Waals surface area contributed by atoms with Crippen molar-refractivity contribution in [2.24, 2.45) is 0 Å². The molecule has 31 heavy (non-hydrogen) atoms. The largest absolute Gasteiger partial charge is 0.416 e. The van der Waals surface area contributed by atoms with Crippen molar-refractivity contribution in [2.45, 2.75) is 19.5 Å². The minimum absolute atomic E-state index is 0.0789. The van der Waals surface area contributed by atoms with Crippen molar-refractivity contribution in [3.63, 3.8) is 0 Å². The average Bonchev–Trinajstić information content (AvgIpc) is 3.28. The number of aromatic nitrogens is 4. The lowest BCUT2D eigenvalue weighted by atomic mass is 10.1. The van der Waals surface area contributed by atoms with Gasteiger partial charge in [0, 0.05) is 44.6 Å². The standard InChI is InChI=1S/C21H21F3N6O/c1-15-26-18(13-19(27-15)30-7-6-25-14-30)28-8-10-29(11-9-28)20(31)12-16-2-4-17(5-3-16)21(22,23)24/h2-7,13-14H,8-12H2,1H3. The first kappa shape index (κ1) is 20.8. The average molecular weight is 430 g/mol. The second-order valence-electron chi connectivity index (χ2n) is 7.34. The smallest absolute Gasteiger partial charge is 0.353 e. The number of halogens is 3. The Morgan fingerprint density at radius 1 is 1.03 bits per heavy atom. The molecule has 0 spiro atoms. The van der Waals surface area contributed by atoms with Crippen molar-refractivity contribution in [2.75, 3.05) is 31.1 Å². The number of imidazole rings is 1. The number of anilines is 1. The Labute approximate surface area is 177 Å². The molecule has 1 fully saturated rings. The van der Waals surface area contributed by atoms with Gasteiger partial charge in [-0.3, -0.25) is 9.36 Å². The summed E-state index contributed by atoms with van der Waals surface area (Å²) in [5.74, 6) is 2.05. The molecular formula is C21H21F3N6O. The number of carbonyl (C=O) groups is 1. The number of hydrogen-bond donors (Lipinski definition) is 0. The van der Waals surface area contributed by atoms with Crippen LogP contribution in [0.15, 0.2) is 49.1 Å². The van der Waals surface area contributed by atoms with Gasteiger partial charge in [0.05, 0.1) is 12.0 Å². The van der Waals surface area contributed by atoms with Crippen molar-refractivity contribution >= 4 is 11.7 Å². The van der Waals surface area contributed by atoms with E-state index in [9.17, 15) is 18.0 Å². The maximum Gasteiger partial charge on any atom is 0.416 e. The third-order valence-electron chi connectivity index (χ3n) is 5.17. The van der Waals surface area contributed by atoms with Gasteiger partial charge in [-0.05, 0) is 24.6 Å². The lowest BCUT2D eigenvalue weighted by Gasteiger charge is -2.35. The van der Waals surface area contributed by atoms with Gasteiger partial charge in [-0.15, -0.1) is 0 Å². The summed E-state index contributed by atoms with van der Waals surface area (Å²) in [4.78, 5) is 29.4. The summed E-state index contributed by atoms with van der Waals surface area (Å²) in [5.41, 5.74) is -0.149. The highest BCUT2D eigenvalue weighted by atomic mass is 19.4. The summed E-state index contributed by atoms with van der Waals surface area (Å²) in [6, 6.07) is 6.62. The maximum absolute atomic E-state index is 12.7. The molecule has 1 aromatic carbocycles. The number of hydrogen-bond acceptors (Lipinski definition) is 5. The predicted octanol–water partition coefficient (Wildman–Crippen LogP) is 2.88. The first-order chi connectivity index (χ1) is 14.8. The molecule has 1 aliphatic heterocycles. The molecule has 3 heterocycles. The van der Waals surface area contributed by atoms with Gasteiger partial charge in [-0.2, -0.15) is 13.2 Å². The Morgan fingerprint density at radius 3 is 2.32 bits per heavy atom. The van der Waals surface area contributed by atoms with Crippen molar-refractivity contribution in [1.29, 1.82) is 0 Å². The van der Waals surface area contributed by atoms with Crippen molar-refractivity contribution in [3.8, 4) is 5.82 Å². The highest BCUT2D eigenvalue weighted by Crippen LogP contribution is 2.29. The van der Waals surface area contributed by atoms with Gasteiger partial charge < -0.3 is 9.80 Å². The summed E-state index contributed by atoms with van der Waals surface area (Å²) in [5, 5.41) is 0. The molecule has 0 saturated carbocycles. The molecule has 0 atom stereocenters. The van der Waals surface area contributed by atoms with Gasteiger partial charge in [-0.1, -0.05) is 12.1 Å².